The molecule has 0 aliphatic carbocycles. The number of nitrogens with one attached hydrogen (secondary N) is 1. The van der Waals surface area contributed by atoms with E-state index in [-0.39, 0.29) is 12.5 Å². The Morgan fingerprint density at radius 2 is 1.90 bits per heavy atom. The highest BCUT2D eigenvalue weighted by molar-refractivity contribution is 14.1. The summed E-state index contributed by atoms with van der Waals surface area (Å²) in [5.41, 5.74) is 2.73. The van der Waals surface area contributed by atoms with Crippen LogP contribution in [-0.2, 0) is 4.79 Å². The zero-order chi connectivity index (χ0) is 15.4. The first-order valence-electron chi connectivity index (χ1n) is 6.40. The standard InChI is InChI=1S/C16H15ClINO2/c1-10-7-11(2)16(14(17)8-10)21-9-15(20)19-13-5-3-12(18)4-6-13/h3-8H,9H2,1-2H3,(H,19,20). The summed E-state index contributed by atoms with van der Waals surface area (Å²) in [5, 5.41) is 3.30. The summed E-state index contributed by atoms with van der Waals surface area (Å²) in [6.45, 7) is 3.80. The van der Waals surface area contributed by atoms with E-state index in [4.69, 9.17) is 16.3 Å². The van der Waals surface area contributed by atoms with Crippen LogP contribution in [0, 0.1) is 17.4 Å². The molecule has 0 radical (unpaired) electrons. The normalized spacial score (nSPS) is 10.3. The zero-order valence-electron chi connectivity index (χ0n) is 11.7. The number of hydrogen-bond donors (Lipinski definition) is 1. The second-order valence-electron chi connectivity index (χ2n) is 4.74. The van der Waals surface area contributed by atoms with Crippen LogP contribution in [0.3, 0.4) is 0 Å². The minimum Gasteiger partial charge on any atom is -0.482 e. The molecule has 0 spiro atoms. The van der Waals surface area contributed by atoms with Gasteiger partial charge in [-0.25, -0.2) is 0 Å². The van der Waals surface area contributed by atoms with E-state index in [1.54, 1.807) is 0 Å². The maximum Gasteiger partial charge on any atom is 0.262 e. The van der Waals surface area contributed by atoms with Crippen LogP contribution in [-0.4, -0.2) is 12.5 Å². The van der Waals surface area contributed by atoms with Gasteiger partial charge in [0.1, 0.15) is 5.75 Å². The van der Waals surface area contributed by atoms with Gasteiger partial charge in [0, 0.05) is 9.26 Å². The van der Waals surface area contributed by atoms with Gasteiger partial charge in [0.05, 0.1) is 5.02 Å². The number of halogens is 2. The third-order valence-electron chi connectivity index (χ3n) is 2.85. The van der Waals surface area contributed by atoms with E-state index >= 15 is 0 Å². The minimum absolute atomic E-state index is 0.0738. The summed E-state index contributed by atoms with van der Waals surface area (Å²) >= 11 is 8.35. The number of ether oxygens (including phenoxy) is 1. The number of carbonyl (C=O) groups excluding carboxylic acids is 1. The van der Waals surface area contributed by atoms with Crippen molar-refractivity contribution >= 4 is 45.8 Å². The van der Waals surface area contributed by atoms with Crippen molar-refractivity contribution in [1.82, 2.24) is 0 Å². The second kappa shape index (κ2) is 7.13. The SMILES string of the molecule is Cc1cc(C)c(OCC(=O)Nc2ccc(I)cc2)c(Cl)c1. The monoisotopic (exact) mass is 415 g/mol. The van der Waals surface area contributed by atoms with Gasteiger partial charge in [-0.2, -0.15) is 0 Å². The Balaban J connectivity index is 1.97. The van der Waals surface area contributed by atoms with Gasteiger partial charge in [-0.1, -0.05) is 17.7 Å². The van der Waals surface area contributed by atoms with Crippen LogP contribution in [0.15, 0.2) is 36.4 Å². The Hall–Kier alpha value is -1.27. The summed E-state index contributed by atoms with van der Waals surface area (Å²) in [5.74, 6) is 0.340. The smallest absolute Gasteiger partial charge is 0.262 e. The molecular weight excluding hydrogens is 401 g/mol. The minimum atomic E-state index is -0.216. The number of hydrogen-bond acceptors (Lipinski definition) is 2. The van der Waals surface area contributed by atoms with Crippen LogP contribution in [0.1, 0.15) is 11.1 Å². The molecule has 1 N–H and O–H groups in total. The number of amides is 1. The van der Waals surface area contributed by atoms with E-state index in [0.29, 0.717) is 10.8 Å². The van der Waals surface area contributed by atoms with E-state index in [0.717, 1.165) is 20.4 Å². The molecule has 0 saturated carbocycles. The third-order valence-corrected chi connectivity index (χ3v) is 3.85. The van der Waals surface area contributed by atoms with Crippen molar-refractivity contribution in [3.05, 3.63) is 56.1 Å². The third kappa shape index (κ3) is 4.61. The lowest BCUT2D eigenvalue weighted by Gasteiger charge is -2.12. The Labute approximate surface area is 142 Å². The predicted octanol–water partition coefficient (Wildman–Crippen LogP) is 4.58. The van der Waals surface area contributed by atoms with Gasteiger partial charge in [-0.3, -0.25) is 4.79 Å². The van der Waals surface area contributed by atoms with Crippen molar-refractivity contribution in [3.63, 3.8) is 0 Å². The van der Waals surface area contributed by atoms with Gasteiger partial charge >= 0.3 is 0 Å². The van der Waals surface area contributed by atoms with Crippen molar-refractivity contribution in [2.45, 2.75) is 13.8 Å². The number of carbonyl (C=O) groups is 1. The molecule has 0 heterocycles. The summed E-state index contributed by atoms with van der Waals surface area (Å²) in [4.78, 5) is 11.9. The molecule has 0 atom stereocenters. The molecule has 21 heavy (non-hydrogen) atoms. The maximum atomic E-state index is 11.9. The highest BCUT2D eigenvalue weighted by atomic mass is 127. The first kappa shape index (κ1) is 16.1. The molecule has 2 aromatic rings. The molecule has 3 nitrogen and oxygen atoms in total. The highest BCUT2D eigenvalue weighted by Crippen LogP contribution is 2.29. The van der Waals surface area contributed by atoms with Crippen molar-refractivity contribution < 1.29 is 9.53 Å². The van der Waals surface area contributed by atoms with Crippen LogP contribution >= 0.6 is 34.2 Å². The Morgan fingerprint density at radius 3 is 2.52 bits per heavy atom. The summed E-state index contributed by atoms with van der Waals surface area (Å²) in [6, 6.07) is 11.3. The topological polar surface area (TPSA) is 38.3 Å². The lowest BCUT2D eigenvalue weighted by atomic mass is 10.1. The molecule has 2 aromatic carbocycles. The van der Waals surface area contributed by atoms with Gasteiger partial charge in [0.2, 0.25) is 0 Å². The van der Waals surface area contributed by atoms with E-state index in [1.807, 2.05) is 50.2 Å². The number of benzene rings is 2. The van der Waals surface area contributed by atoms with Crippen molar-refractivity contribution in [2.75, 3.05) is 11.9 Å². The van der Waals surface area contributed by atoms with E-state index < -0.39 is 0 Å². The summed E-state index contributed by atoms with van der Waals surface area (Å²) in [7, 11) is 0. The van der Waals surface area contributed by atoms with Gasteiger partial charge in [0.25, 0.3) is 5.91 Å². The van der Waals surface area contributed by atoms with Gasteiger partial charge in [0.15, 0.2) is 6.61 Å². The van der Waals surface area contributed by atoms with Crippen LogP contribution in [0.4, 0.5) is 5.69 Å². The van der Waals surface area contributed by atoms with Gasteiger partial charge in [-0.05, 0) is 77.9 Å². The highest BCUT2D eigenvalue weighted by Gasteiger charge is 2.09. The molecule has 0 unspecified atom stereocenters. The zero-order valence-corrected chi connectivity index (χ0v) is 14.7. The molecule has 110 valence electrons. The molecule has 0 aromatic heterocycles. The molecule has 2 rings (SSSR count). The Bertz CT molecular complexity index is 633. The molecular formula is C16H15ClINO2. The quantitative estimate of drug-likeness (QED) is 0.743. The average molecular weight is 416 g/mol. The lowest BCUT2D eigenvalue weighted by molar-refractivity contribution is -0.118. The fraction of sp³-hybridized carbons (Fsp3) is 0.188. The lowest BCUT2D eigenvalue weighted by Crippen LogP contribution is -2.20. The molecule has 1 amide bonds. The number of anilines is 1. The molecule has 0 saturated heterocycles. The number of aryl methyl sites for hydroxylation is 2. The molecule has 0 bridgehead atoms. The largest absolute Gasteiger partial charge is 0.482 e. The Morgan fingerprint density at radius 1 is 1.24 bits per heavy atom. The van der Waals surface area contributed by atoms with Crippen LogP contribution in [0.2, 0.25) is 5.02 Å². The van der Waals surface area contributed by atoms with Crippen LogP contribution in [0.25, 0.3) is 0 Å². The van der Waals surface area contributed by atoms with Crippen molar-refractivity contribution in [3.8, 4) is 5.75 Å². The fourth-order valence-corrected chi connectivity index (χ4v) is 2.69. The maximum absolute atomic E-state index is 11.9. The summed E-state index contributed by atoms with van der Waals surface area (Å²) < 4.78 is 6.65. The van der Waals surface area contributed by atoms with Gasteiger partial charge < -0.3 is 10.1 Å². The van der Waals surface area contributed by atoms with E-state index in [2.05, 4.69) is 27.9 Å². The van der Waals surface area contributed by atoms with E-state index in [9.17, 15) is 4.79 Å². The average Bonchev–Trinajstić information content (AvgIpc) is 2.40. The van der Waals surface area contributed by atoms with Crippen LogP contribution < -0.4 is 10.1 Å². The second-order valence-corrected chi connectivity index (χ2v) is 6.39. The fourth-order valence-electron chi connectivity index (χ4n) is 1.95. The molecule has 0 aliphatic heterocycles. The predicted molar refractivity (Wildman–Crippen MR) is 94.2 cm³/mol. The first-order chi connectivity index (χ1) is 9.95. The van der Waals surface area contributed by atoms with Crippen LogP contribution in [0.5, 0.6) is 5.75 Å². The van der Waals surface area contributed by atoms with Crippen molar-refractivity contribution in [1.29, 1.82) is 0 Å². The summed E-state index contributed by atoms with van der Waals surface area (Å²) in [6.07, 6.45) is 0. The Kier molecular flexibility index (Phi) is 5.47. The molecule has 0 aliphatic rings. The number of rotatable bonds is 4. The first-order valence-corrected chi connectivity index (χ1v) is 7.86. The molecule has 5 heteroatoms. The van der Waals surface area contributed by atoms with Crippen molar-refractivity contribution in [2.24, 2.45) is 0 Å². The molecule has 0 fully saturated rings. The van der Waals surface area contributed by atoms with Gasteiger partial charge in [-0.15, -0.1) is 0 Å². The van der Waals surface area contributed by atoms with E-state index in [1.165, 1.54) is 0 Å².